The Morgan fingerprint density at radius 3 is 2.64 bits per heavy atom. The highest BCUT2D eigenvalue weighted by atomic mass is 16.2. The lowest BCUT2D eigenvalue weighted by atomic mass is 9.85. The number of hydrogen-bond acceptors (Lipinski definition) is 6. The van der Waals surface area contributed by atoms with Gasteiger partial charge in [-0.05, 0) is 73.4 Å². The van der Waals surface area contributed by atoms with Gasteiger partial charge in [0.1, 0.15) is 5.69 Å². The molecule has 0 saturated heterocycles. The Bertz CT molecular complexity index is 1120. The molecular formula is C29H37N5O2. The second-order valence-electron chi connectivity index (χ2n) is 10.4. The number of pyridine rings is 1. The van der Waals surface area contributed by atoms with Crippen LogP contribution in [-0.2, 0) is 0 Å². The lowest BCUT2D eigenvalue weighted by Crippen LogP contribution is -2.43. The summed E-state index contributed by atoms with van der Waals surface area (Å²) in [7, 11) is 0. The van der Waals surface area contributed by atoms with E-state index in [2.05, 4.69) is 25.9 Å². The Morgan fingerprint density at radius 1 is 1.00 bits per heavy atom. The average Bonchev–Trinajstić information content (AvgIpc) is 3.76. The van der Waals surface area contributed by atoms with Crippen molar-refractivity contribution in [1.82, 2.24) is 15.6 Å². The minimum absolute atomic E-state index is 0.114. The molecule has 0 unspecified atom stereocenters. The summed E-state index contributed by atoms with van der Waals surface area (Å²) in [6.07, 6.45) is 14.3. The zero-order valence-electron chi connectivity index (χ0n) is 21.0. The molecule has 1 aromatic heterocycles. The minimum atomic E-state index is -0.151. The SMILES string of the molecule is O=C(NC1=NCCCN1)c1ccc(Nc2ccnc(C(=O)CCCC3CCCCC3)c2)c(C2CC2)c1. The largest absolute Gasteiger partial charge is 0.356 e. The highest BCUT2D eigenvalue weighted by Crippen LogP contribution is 2.44. The molecule has 2 aliphatic carbocycles. The highest BCUT2D eigenvalue weighted by molar-refractivity contribution is 6.06. The van der Waals surface area contributed by atoms with Gasteiger partial charge < -0.3 is 10.6 Å². The Balaban J connectivity index is 1.22. The second-order valence-corrected chi connectivity index (χ2v) is 10.4. The van der Waals surface area contributed by atoms with Gasteiger partial charge in [-0.25, -0.2) is 0 Å². The third-order valence-electron chi connectivity index (χ3n) is 7.53. The Hall–Kier alpha value is -3.22. The Kier molecular flexibility index (Phi) is 7.94. The van der Waals surface area contributed by atoms with Crippen molar-refractivity contribution in [3.8, 4) is 0 Å². The Labute approximate surface area is 213 Å². The number of nitrogens with zero attached hydrogens (tertiary/aromatic N) is 2. The topological polar surface area (TPSA) is 95.5 Å². The van der Waals surface area contributed by atoms with Gasteiger partial charge in [0.2, 0.25) is 0 Å². The molecule has 5 rings (SSSR count). The van der Waals surface area contributed by atoms with E-state index in [0.29, 0.717) is 29.6 Å². The molecule has 1 aliphatic heterocycles. The van der Waals surface area contributed by atoms with Gasteiger partial charge in [-0.3, -0.25) is 24.9 Å². The summed E-state index contributed by atoms with van der Waals surface area (Å²) < 4.78 is 0. The molecule has 2 aromatic rings. The van der Waals surface area contributed by atoms with E-state index in [1.165, 1.54) is 32.1 Å². The van der Waals surface area contributed by atoms with Crippen LogP contribution in [0.5, 0.6) is 0 Å². The first kappa shape index (κ1) is 24.5. The fraction of sp³-hybridized carbons (Fsp3) is 0.517. The van der Waals surface area contributed by atoms with E-state index >= 15 is 0 Å². The molecule has 3 aliphatic rings. The number of anilines is 2. The van der Waals surface area contributed by atoms with Crippen molar-refractivity contribution >= 4 is 29.0 Å². The first-order valence-corrected chi connectivity index (χ1v) is 13.7. The van der Waals surface area contributed by atoms with Gasteiger partial charge in [-0.15, -0.1) is 0 Å². The number of amides is 1. The van der Waals surface area contributed by atoms with Crippen molar-refractivity contribution in [2.45, 2.75) is 76.5 Å². The van der Waals surface area contributed by atoms with Gasteiger partial charge in [0.05, 0.1) is 0 Å². The number of carbonyl (C=O) groups is 2. The van der Waals surface area contributed by atoms with E-state index in [9.17, 15) is 9.59 Å². The van der Waals surface area contributed by atoms with E-state index in [-0.39, 0.29) is 11.7 Å². The number of aliphatic imine (C=N–C) groups is 1. The number of rotatable bonds is 9. The van der Waals surface area contributed by atoms with E-state index in [1.807, 2.05) is 30.3 Å². The van der Waals surface area contributed by atoms with E-state index in [0.717, 1.165) is 68.0 Å². The maximum absolute atomic E-state index is 12.8. The second kappa shape index (κ2) is 11.7. The molecule has 36 heavy (non-hydrogen) atoms. The van der Waals surface area contributed by atoms with Crippen molar-refractivity contribution in [2.75, 3.05) is 18.4 Å². The van der Waals surface area contributed by atoms with Crippen molar-refractivity contribution in [3.63, 3.8) is 0 Å². The van der Waals surface area contributed by atoms with E-state index in [4.69, 9.17) is 0 Å². The van der Waals surface area contributed by atoms with Gasteiger partial charge in [-0.2, -0.15) is 0 Å². The fourth-order valence-electron chi connectivity index (χ4n) is 5.32. The third kappa shape index (κ3) is 6.50. The van der Waals surface area contributed by atoms with Crippen LogP contribution in [0.3, 0.4) is 0 Å². The number of ketones is 1. The predicted molar refractivity (Wildman–Crippen MR) is 143 cm³/mol. The summed E-state index contributed by atoms with van der Waals surface area (Å²) in [5.41, 5.74) is 4.11. The molecule has 0 spiro atoms. The van der Waals surface area contributed by atoms with Crippen LogP contribution in [0.25, 0.3) is 0 Å². The number of carbonyl (C=O) groups excluding carboxylic acids is 2. The molecule has 7 heteroatoms. The quantitative estimate of drug-likeness (QED) is 0.394. The van der Waals surface area contributed by atoms with Gasteiger partial charge >= 0.3 is 0 Å². The zero-order chi connectivity index (χ0) is 24.7. The molecule has 1 amide bonds. The van der Waals surface area contributed by atoms with Gasteiger partial charge in [0.15, 0.2) is 11.7 Å². The van der Waals surface area contributed by atoms with Gasteiger partial charge in [0.25, 0.3) is 5.91 Å². The van der Waals surface area contributed by atoms with Crippen LogP contribution >= 0.6 is 0 Å². The highest BCUT2D eigenvalue weighted by Gasteiger charge is 2.27. The lowest BCUT2D eigenvalue weighted by Gasteiger charge is -2.21. The van der Waals surface area contributed by atoms with Crippen LogP contribution < -0.4 is 16.0 Å². The monoisotopic (exact) mass is 487 g/mol. The summed E-state index contributed by atoms with van der Waals surface area (Å²) in [6.45, 7) is 1.56. The molecule has 2 heterocycles. The maximum Gasteiger partial charge on any atom is 0.257 e. The van der Waals surface area contributed by atoms with Crippen molar-refractivity contribution in [3.05, 3.63) is 53.3 Å². The van der Waals surface area contributed by atoms with E-state index < -0.39 is 0 Å². The average molecular weight is 488 g/mol. The van der Waals surface area contributed by atoms with Gasteiger partial charge in [-0.1, -0.05) is 38.5 Å². The third-order valence-corrected chi connectivity index (χ3v) is 7.53. The summed E-state index contributed by atoms with van der Waals surface area (Å²) >= 11 is 0. The van der Waals surface area contributed by atoms with Crippen LogP contribution in [0.4, 0.5) is 11.4 Å². The van der Waals surface area contributed by atoms with Gasteiger partial charge in [0, 0.05) is 42.6 Å². The molecule has 0 atom stereocenters. The summed E-state index contributed by atoms with van der Waals surface area (Å²) in [6, 6.07) is 9.53. The standard InChI is InChI=1S/C29H37N5O2/c35-27(9-4-8-20-6-2-1-3-7-20)26-19-23(14-17-30-26)33-25-13-12-22(18-24(25)21-10-11-21)28(36)34-29-31-15-5-16-32-29/h12-14,17-21H,1-11,15-16H2,(H,30,33)(H2,31,32,34,36). The molecule has 3 N–H and O–H groups in total. The molecule has 2 fully saturated rings. The first-order valence-electron chi connectivity index (χ1n) is 13.7. The molecule has 1 aromatic carbocycles. The minimum Gasteiger partial charge on any atom is -0.356 e. The number of nitrogens with one attached hydrogen (secondary N) is 3. The summed E-state index contributed by atoms with van der Waals surface area (Å²) in [4.78, 5) is 34.3. The summed E-state index contributed by atoms with van der Waals surface area (Å²) in [5.74, 6) is 1.76. The predicted octanol–water partition coefficient (Wildman–Crippen LogP) is 5.72. The number of benzene rings is 1. The van der Waals surface area contributed by atoms with Crippen LogP contribution in [0.15, 0.2) is 41.5 Å². The zero-order valence-corrected chi connectivity index (χ0v) is 21.0. The van der Waals surface area contributed by atoms with Crippen molar-refractivity contribution < 1.29 is 9.59 Å². The number of hydrogen-bond donors (Lipinski definition) is 3. The maximum atomic E-state index is 12.8. The number of guanidine groups is 1. The number of Topliss-reactive ketones (excluding diaryl/α,β-unsaturated/α-hetero) is 1. The fourth-order valence-corrected chi connectivity index (χ4v) is 5.32. The normalized spacial score (nSPS) is 18.2. The van der Waals surface area contributed by atoms with Crippen LogP contribution in [0.1, 0.15) is 103 Å². The molecule has 190 valence electrons. The molecule has 0 bridgehead atoms. The van der Waals surface area contributed by atoms with Crippen LogP contribution in [-0.4, -0.2) is 35.7 Å². The number of aromatic nitrogens is 1. The first-order chi connectivity index (χ1) is 17.7. The molecule has 7 nitrogen and oxygen atoms in total. The van der Waals surface area contributed by atoms with Crippen molar-refractivity contribution in [1.29, 1.82) is 0 Å². The molecular weight excluding hydrogens is 450 g/mol. The van der Waals surface area contributed by atoms with Crippen LogP contribution in [0.2, 0.25) is 0 Å². The Morgan fingerprint density at radius 2 is 1.86 bits per heavy atom. The molecule has 0 radical (unpaired) electrons. The van der Waals surface area contributed by atoms with E-state index in [1.54, 1.807) is 6.20 Å². The van der Waals surface area contributed by atoms with Crippen LogP contribution in [0, 0.1) is 5.92 Å². The van der Waals surface area contributed by atoms with Crippen molar-refractivity contribution in [2.24, 2.45) is 10.9 Å². The smallest absolute Gasteiger partial charge is 0.257 e. The molecule has 2 saturated carbocycles. The summed E-state index contributed by atoms with van der Waals surface area (Å²) in [5, 5.41) is 9.50. The lowest BCUT2D eigenvalue weighted by molar-refractivity contribution is 0.0965.